The van der Waals surface area contributed by atoms with Crippen LogP contribution in [-0.2, 0) is 9.53 Å². The molecule has 92 valence electrons. The van der Waals surface area contributed by atoms with Gasteiger partial charge in [-0.25, -0.2) is 4.79 Å². The molecule has 0 fully saturated rings. The van der Waals surface area contributed by atoms with Crippen molar-refractivity contribution < 1.29 is 14.3 Å². The average Bonchev–Trinajstić information content (AvgIpc) is 2.29. The number of allylic oxidation sites excluding steroid dienone is 1. The molecule has 0 aliphatic rings. The van der Waals surface area contributed by atoms with Crippen LogP contribution in [0.15, 0.2) is 29.8 Å². The first kappa shape index (κ1) is 13.3. The lowest BCUT2D eigenvalue weighted by Gasteiger charge is -2.10. The molecule has 1 rings (SSSR count). The highest BCUT2D eigenvalue weighted by Crippen LogP contribution is 2.24. The molecule has 0 aliphatic heterocycles. The van der Waals surface area contributed by atoms with Crippen molar-refractivity contribution in [2.45, 2.75) is 20.8 Å². The van der Waals surface area contributed by atoms with Gasteiger partial charge >= 0.3 is 5.97 Å². The van der Waals surface area contributed by atoms with Crippen molar-refractivity contribution in [3.63, 3.8) is 0 Å². The van der Waals surface area contributed by atoms with E-state index in [0.717, 1.165) is 16.9 Å². The van der Waals surface area contributed by atoms with Gasteiger partial charge in [0.2, 0.25) is 0 Å². The third kappa shape index (κ3) is 3.34. The number of hydrogen-bond donors (Lipinski definition) is 0. The summed E-state index contributed by atoms with van der Waals surface area (Å²) in [6, 6.07) is 7.41. The van der Waals surface area contributed by atoms with Gasteiger partial charge in [-0.3, -0.25) is 0 Å². The van der Waals surface area contributed by atoms with Gasteiger partial charge in [0, 0.05) is 0 Å². The maximum Gasteiger partial charge on any atom is 0.338 e. The predicted molar refractivity (Wildman–Crippen MR) is 67.9 cm³/mol. The fourth-order valence-corrected chi connectivity index (χ4v) is 1.59. The number of rotatable bonds is 4. The maximum atomic E-state index is 11.9. The second-order valence-electron chi connectivity index (χ2n) is 3.83. The number of hydrogen-bond acceptors (Lipinski definition) is 3. The van der Waals surface area contributed by atoms with Crippen molar-refractivity contribution >= 4 is 11.5 Å². The van der Waals surface area contributed by atoms with Crippen LogP contribution in [0, 0.1) is 0 Å². The highest BCUT2D eigenvalue weighted by atomic mass is 16.5. The molecule has 0 unspecified atom stereocenters. The quantitative estimate of drug-likeness (QED) is 0.593. The van der Waals surface area contributed by atoms with Crippen LogP contribution in [0.5, 0.6) is 5.75 Å². The zero-order valence-electron chi connectivity index (χ0n) is 10.7. The molecule has 3 heteroatoms. The largest absolute Gasteiger partial charge is 0.497 e. The molecule has 0 amide bonds. The van der Waals surface area contributed by atoms with Crippen LogP contribution in [0.3, 0.4) is 0 Å². The van der Waals surface area contributed by atoms with Gasteiger partial charge in [-0.1, -0.05) is 17.7 Å². The third-order valence-corrected chi connectivity index (χ3v) is 2.34. The monoisotopic (exact) mass is 234 g/mol. The second kappa shape index (κ2) is 6.09. The summed E-state index contributed by atoms with van der Waals surface area (Å²) in [6.45, 7) is 5.96. The topological polar surface area (TPSA) is 35.5 Å². The maximum absolute atomic E-state index is 11.9. The van der Waals surface area contributed by atoms with E-state index in [2.05, 4.69) is 0 Å². The van der Waals surface area contributed by atoms with Gasteiger partial charge in [0.15, 0.2) is 0 Å². The van der Waals surface area contributed by atoms with Crippen molar-refractivity contribution in [3.8, 4) is 5.75 Å². The van der Waals surface area contributed by atoms with Crippen molar-refractivity contribution in [3.05, 3.63) is 35.4 Å². The van der Waals surface area contributed by atoms with Gasteiger partial charge in [0.05, 0.1) is 19.3 Å². The van der Waals surface area contributed by atoms with Gasteiger partial charge < -0.3 is 9.47 Å². The molecule has 1 aromatic rings. The van der Waals surface area contributed by atoms with Gasteiger partial charge in [-0.05, 0) is 38.5 Å². The first-order chi connectivity index (χ1) is 8.10. The molecule has 0 heterocycles. The standard InChI is InChI=1S/C14H18O3/c1-5-17-14(15)13(10(2)3)11-7-6-8-12(9-11)16-4/h6-9H,5H2,1-4H3. The fourth-order valence-electron chi connectivity index (χ4n) is 1.59. The second-order valence-corrected chi connectivity index (χ2v) is 3.83. The number of esters is 1. The Morgan fingerprint density at radius 3 is 2.53 bits per heavy atom. The lowest BCUT2D eigenvalue weighted by Crippen LogP contribution is -2.08. The number of ether oxygens (including phenoxy) is 2. The molecule has 0 spiro atoms. The van der Waals surface area contributed by atoms with Crippen molar-refractivity contribution in [1.82, 2.24) is 0 Å². The summed E-state index contributed by atoms with van der Waals surface area (Å²) in [6.07, 6.45) is 0. The van der Waals surface area contributed by atoms with E-state index >= 15 is 0 Å². The Balaban J connectivity index is 3.16. The minimum Gasteiger partial charge on any atom is -0.497 e. The fraction of sp³-hybridized carbons (Fsp3) is 0.357. The SMILES string of the molecule is CCOC(=O)C(=C(C)C)c1cccc(OC)c1. The smallest absolute Gasteiger partial charge is 0.338 e. The van der Waals surface area contributed by atoms with Crippen LogP contribution in [-0.4, -0.2) is 19.7 Å². The van der Waals surface area contributed by atoms with E-state index < -0.39 is 0 Å². The van der Waals surface area contributed by atoms with Crippen LogP contribution in [0.4, 0.5) is 0 Å². The van der Waals surface area contributed by atoms with Crippen LogP contribution in [0.25, 0.3) is 5.57 Å². The summed E-state index contributed by atoms with van der Waals surface area (Å²) in [5, 5.41) is 0. The highest BCUT2D eigenvalue weighted by molar-refractivity contribution is 6.17. The molecule has 3 nitrogen and oxygen atoms in total. The summed E-state index contributed by atoms with van der Waals surface area (Å²) in [5.74, 6) is 0.436. The van der Waals surface area contributed by atoms with Crippen LogP contribution in [0.2, 0.25) is 0 Å². The molecule has 1 aromatic carbocycles. The van der Waals surface area contributed by atoms with E-state index in [0.29, 0.717) is 12.2 Å². The van der Waals surface area contributed by atoms with Gasteiger partial charge in [-0.2, -0.15) is 0 Å². The summed E-state index contributed by atoms with van der Waals surface area (Å²) in [5.41, 5.74) is 2.35. The van der Waals surface area contributed by atoms with Gasteiger partial charge in [-0.15, -0.1) is 0 Å². The zero-order valence-corrected chi connectivity index (χ0v) is 10.7. The minimum absolute atomic E-state index is 0.291. The van der Waals surface area contributed by atoms with Crippen molar-refractivity contribution in [1.29, 1.82) is 0 Å². The minimum atomic E-state index is -0.291. The normalized spacial score (nSPS) is 9.65. The summed E-state index contributed by atoms with van der Waals surface area (Å²) < 4.78 is 10.2. The van der Waals surface area contributed by atoms with E-state index in [9.17, 15) is 4.79 Å². The molecule has 0 atom stereocenters. The summed E-state index contributed by atoms with van der Waals surface area (Å²) >= 11 is 0. The lowest BCUT2D eigenvalue weighted by atomic mass is 10.0. The summed E-state index contributed by atoms with van der Waals surface area (Å²) in [7, 11) is 1.60. The van der Waals surface area contributed by atoms with Crippen molar-refractivity contribution in [2.75, 3.05) is 13.7 Å². The first-order valence-electron chi connectivity index (χ1n) is 5.59. The molecule has 0 bridgehead atoms. The van der Waals surface area contributed by atoms with Gasteiger partial charge in [0.1, 0.15) is 5.75 Å². The molecule has 17 heavy (non-hydrogen) atoms. The van der Waals surface area contributed by atoms with E-state index in [1.165, 1.54) is 0 Å². The Morgan fingerprint density at radius 2 is 2.00 bits per heavy atom. The Kier molecular flexibility index (Phi) is 4.76. The third-order valence-electron chi connectivity index (χ3n) is 2.34. The van der Waals surface area contributed by atoms with E-state index in [4.69, 9.17) is 9.47 Å². The summed E-state index contributed by atoms with van der Waals surface area (Å²) in [4.78, 5) is 11.9. The van der Waals surface area contributed by atoms with Crippen LogP contribution in [0.1, 0.15) is 26.3 Å². The van der Waals surface area contributed by atoms with Gasteiger partial charge in [0.25, 0.3) is 0 Å². The molecule has 0 saturated heterocycles. The lowest BCUT2D eigenvalue weighted by molar-refractivity contribution is -0.136. The first-order valence-corrected chi connectivity index (χ1v) is 5.59. The van der Waals surface area contributed by atoms with E-state index in [1.54, 1.807) is 14.0 Å². The Hall–Kier alpha value is -1.77. The number of carbonyl (C=O) groups excluding carboxylic acids is 1. The zero-order chi connectivity index (χ0) is 12.8. The number of carbonyl (C=O) groups is 1. The molecule has 0 aliphatic carbocycles. The molecular formula is C14H18O3. The van der Waals surface area contributed by atoms with E-state index in [1.807, 2.05) is 38.1 Å². The molecule has 0 N–H and O–H groups in total. The molecular weight excluding hydrogens is 216 g/mol. The molecule has 0 aromatic heterocycles. The Morgan fingerprint density at radius 1 is 1.29 bits per heavy atom. The number of benzene rings is 1. The van der Waals surface area contributed by atoms with Crippen LogP contribution < -0.4 is 4.74 Å². The Bertz CT molecular complexity index is 429. The Labute approximate surface area is 102 Å². The van der Waals surface area contributed by atoms with E-state index in [-0.39, 0.29) is 5.97 Å². The highest BCUT2D eigenvalue weighted by Gasteiger charge is 2.15. The number of methoxy groups -OCH3 is 1. The molecule has 0 radical (unpaired) electrons. The van der Waals surface area contributed by atoms with Crippen molar-refractivity contribution in [2.24, 2.45) is 0 Å². The molecule has 0 saturated carbocycles. The average molecular weight is 234 g/mol. The predicted octanol–water partition coefficient (Wildman–Crippen LogP) is 3.05. The van der Waals surface area contributed by atoms with Crippen LogP contribution >= 0.6 is 0 Å².